The molecule has 0 aliphatic rings. The number of benzene rings is 1. The Morgan fingerprint density at radius 3 is 2.67 bits per heavy atom. The Kier molecular flexibility index (Phi) is 6.09. The highest BCUT2D eigenvalue weighted by molar-refractivity contribution is 5.34. The second-order valence-corrected chi connectivity index (χ2v) is 4.94. The van der Waals surface area contributed by atoms with Crippen LogP contribution in [-0.4, -0.2) is 38.2 Å². The number of likely N-dealkylation sites (N-methyl/N-ethyl adjacent to an activating group) is 1. The highest BCUT2D eigenvalue weighted by Gasteiger charge is 2.06. The number of nitrogens with one attached hydrogen (secondary N) is 1. The first-order chi connectivity index (χ1) is 8.49. The monoisotopic (exact) mass is 254 g/mol. The van der Waals surface area contributed by atoms with Crippen LogP contribution < -0.4 is 10.1 Å². The summed E-state index contributed by atoms with van der Waals surface area (Å²) in [6.45, 7) is 6.19. The largest absolute Gasteiger partial charge is 0.492 e. The minimum absolute atomic E-state index is 0.226. The van der Waals surface area contributed by atoms with E-state index >= 15 is 0 Å². The predicted molar refractivity (Wildman–Crippen MR) is 72.4 cm³/mol. The molecule has 0 heterocycles. The summed E-state index contributed by atoms with van der Waals surface area (Å²) in [7, 11) is 3.99. The molecule has 0 spiro atoms. The fraction of sp³-hybridized carbons (Fsp3) is 0.571. The van der Waals surface area contributed by atoms with E-state index in [1.165, 1.54) is 12.1 Å². The molecule has 0 unspecified atom stereocenters. The van der Waals surface area contributed by atoms with Crippen LogP contribution in [0.1, 0.15) is 19.4 Å². The first-order valence-electron chi connectivity index (χ1n) is 6.28. The van der Waals surface area contributed by atoms with Crippen molar-refractivity contribution in [1.82, 2.24) is 10.2 Å². The number of halogens is 1. The Morgan fingerprint density at radius 1 is 1.33 bits per heavy atom. The van der Waals surface area contributed by atoms with Crippen molar-refractivity contribution >= 4 is 0 Å². The topological polar surface area (TPSA) is 24.5 Å². The molecule has 1 aromatic carbocycles. The third-order valence-corrected chi connectivity index (χ3v) is 2.52. The van der Waals surface area contributed by atoms with Crippen molar-refractivity contribution in [3.63, 3.8) is 0 Å². The van der Waals surface area contributed by atoms with Crippen LogP contribution in [0.2, 0.25) is 0 Å². The van der Waals surface area contributed by atoms with Crippen molar-refractivity contribution in [2.75, 3.05) is 27.2 Å². The van der Waals surface area contributed by atoms with Crippen molar-refractivity contribution in [3.05, 3.63) is 29.6 Å². The van der Waals surface area contributed by atoms with Gasteiger partial charge in [-0.05, 0) is 32.3 Å². The molecule has 1 rings (SSSR count). The zero-order chi connectivity index (χ0) is 13.5. The van der Waals surface area contributed by atoms with E-state index < -0.39 is 0 Å². The molecule has 1 aromatic rings. The van der Waals surface area contributed by atoms with Gasteiger partial charge in [0.05, 0.1) is 0 Å². The normalized spacial score (nSPS) is 11.3. The second-order valence-electron chi connectivity index (χ2n) is 4.94. The lowest BCUT2D eigenvalue weighted by molar-refractivity contribution is 0.258. The van der Waals surface area contributed by atoms with Gasteiger partial charge in [0.25, 0.3) is 0 Å². The molecule has 0 saturated carbocycles. The van der Waals surface area contributed by atoms with Gasteiger partial charge in [-0.3, -0.25) is 0 Å². The summed E-state index contributed by atoms with van der Waals surface area (Å²) in [5.74, 6) is 0.530. The standard InChI is InChI=1S/C14H23FN2O/c1-11(2)16-10-12-9-13(15)5-6-14(12)18-8-7-17(3)4/h5-6,9,11,16H,7-8,10H2,1-4H3. The van der Waals surface area contributed by atoms with Gasteiger partial charge in [-0.1, -0.05) is 13.8 Å². The Hall–Kier alpha value is -1.13. The van der Waals surface area contributed by atoms with Crippen molar-refractivity contribution in [3.8, 4) is 5.75 Å². The van der Waals surface area contributed by atoms with Gasteiger partial charge in [0, 0.05) is 24.7 Å². The molecule has 1 N–H and O–H groups in total. The van der Waals surface area contributed by atoms with E-state index in [-0.39, 0.29) is 5.82 Å². The van der Waals surface area contributed by atoms with Crippen molar-refractivity contribution < 1.29 is 9.13 Å². The number of hydrogen-bond donors (Lipinski definition) is 1. The Morgan fingerprint density at radius 2 is 2.06 bits per heavy atom. The average Bonchev–Trinajstić information content (AvgIpc) is 2.28. The van der Waals surface area contributed by atoms with E-state index in [1.54, 1.807) is 6.07 Å². The summed E-state index contributed by atoms with van der Waals surface area (Å²) in [6.07, 6.45) is 0. The Labute approximate surface area is 109 Å². The maximum Gasteiger partial charge on any atom is 0.124 e. The lowest BCUT2D eigenvalue weighted by Gasteiger charge is -2.15. The van der Waals surface area contributed by atoms with Gasteiger partial charge in [0.2, 0.25) is 0 Å². The average molecular weight is 254 g/mol. The molecule has 0 aliphatic heterocycles. The van der Waals surface area contributed by atoms with E-state index in [2.05, 4.69) is 24.1 Å². The van der Waals surface area contributed by atoms with Crippen molar-refractivity contribution in [2.45, 2.75) is 26.4 Å². The van der Waals surface area contributed by atoms with Crippen molar-refractivity contribution in [1.29, 1.82) is 0 Å². The summed E-state index contributed by atoms with van der Waals surface area (Å²) >= 11 is 0. The minimum Gasteiger partial charge on any atom is -0.492 e. The molecule has 3 nitrogen and oxygen atoms in total. The van der Waals surface area contributed by atoms with Gasteiger partial charge in [-0.25, -0.2) is 4.39 Å². The van der Waals surface area contributed by atoms with Crippen molar-refractivity contribution in [2.24, 2.45) is 0 Å². The van der Waals surface area contributed by atoms with E-state index in [0.29, 0.717) is 19.2 Å². The smallest absolute Gasteiger partial charge is 0.124 e. The molecular formula is C14H23FN2O. The fourth-order valence-corrected chi connectivity index (χ4v) is 1.48. The Bertz CT molecular complexity index is 367. The van der Waals surface area contributed by atoms with Crippen LogP contribution in [0.5, 0.6) is 5.75 Å². The predicted octanol–water partition coefficient (Wildman–Crippen LogP) is 2.26. The summed E-state index contributed by atoms with van der Waals surface area (Å²) < 4.78 is 18.9. The van der Waals surface area contributed by atoms with E-state index in [1.807, 2.05) is 14.1 Å². The Balaban J connectivity index is 2.64. The highest BCUT2D eigenvalue weighted by atomic mass is 19.1. The lowest BCUT2D eigenvalue weighted by atomic mass is 10.2. The van der Waals surface area contributed by atoms with E-state index in [9.17, 15) is 4.39 Å². The first-order valence-corrected chi connectivity index (χ1v) is 6.28. The van der Waals surface area contributed by atoms with E-state index in [0.717, 1.165) is 17.9 Å². The number of hydrogen-bond acceptors (Lipinski definition) is 3. The molecule has 0 fully saturated rings. The molecule has 0 radical (unpaired) electrons. The van der Waals surface area contributed by atoms with Crippen LogP contribution in [0, 0.1) is 5.82 Å². The maximum atomic E-state index is 13.2. The van der Waals surface area contributed by atoms with Gasteiger partial charge >= 0.3 is 0 Å². The summed E-state index contributed by atoms with van der Waals surface area (Å²) in [6, 6.07) is 5.02. The van der Waals surface area contributed by atoms with E-state index in [4.69, 9.17) is 4.74 Å². The van der Waals surface area contributed by atoms with Crippen LogP contribution in [0.3, 0.4) is 0 Å². The molecule has 4 heteroatoms. The summed E-state index contributed by atoms with van der Waals surface area (Å²) in [5, 5.41) is 3.27. The third kappa shape index (κ3) is 5.47. The molecular weight excluding hydrogens is 231 g/mol. The summed E-state index contributed by atoms with van der Waals surface area (Å²) in [5.41, 5.74) is 0.863. The second kappa shape index (κ2) is 7.34. The third-order valence-electron chi connectivity index (χ3n) is 2.52. The molecule has 18 heavy (non-hydrogen) atoms. The van der Waals surface area contributed by atoms with Gasteiger partial charge in [-0.15, -0.1) is 0 Å². The fourth-order valence-electron chi connectivity index (χ4n) is 1.48. The molecule has 102 valence electrons. The quantitative estimate of drug-likeness (QED) is 0.808. The zero-order valence-corrected chi connectivity index (χ0v) is 11.7. The number of nitrogens with zero attached hydrogens (tertiary/aromatic N) is 1. The van der Waals surface area contributed by atoms with Gasteiger partial charge in [0.1, 0.15) is 18.2 Å². The highest BCUT2D eigenvalue weighted by Crippen LogP contribution is 2.19. The molecule has 0 saturated heterocycles. The van der Waals surface area contributed by atoms with Gasteiger partial charge < -0.3 is 15.0 Å². The van der Waals surface area contributed by atoms with Gasteiger partial charge in [0.15, 0.2) is 0 Å². The number of ether oxygens (including phenoxy) is 1. The summed E-state index contributed by atoms with van der Waals surface area (Å²) in [4.78, 5) is 2.05. The molecule has 0 atom stereocenters. The molecule has 0 aromatic heterocycles. The maximum absolute atomic E-state index is 13.2. The lowest BCUT2D eigenvalue weighted by Crippen LogP contribution is -2.23. The van der Waals surface area contributed by atoms with Crippen LogP contribution in [-0.2, 0) is 6.54 Å². The molecule has 0 bridgehead atoms. The zero-order valence-electron chi connectivity index (χ0n) is 11.7. The van der Waals surface area contributed by atoms with Gasteiger partial charge in [-0.2, -0.15) is 0 Å². The van der Waals surface area contributed by atoms with Crippen LogP contribution >= 0.6 is 0 Å². The number of rotatable bonds is 7. The molecule has 0 aliphatic carbocycles. The minimum atomic E-state index is -0.226. The van der Waals surface area contributed by atoms with Crippen LogP contribution in [0.4, 0.5) is 4.39 Å². The van der Waals surface area contributed by atoms with Crippen LogP contribution in [0.15, 0.2) is 18.2 Å². The van der Waals surface area contributed by atoms with Crippen LogP contribution in [0.25, 0.3) is 0 Å². The molecule has 0 amide bonds. The first kappa shape index (κ1) is 14.9. The SMILES string of the molecule is CC(C)NCc1cc(F)ccc1OCCN(C)C.